The van der Waals surface area contributed by atoms with Gasteiger partial charge in [0.15, 0.2) is 0 Å². The molecule has 11 heteroatoms. The minimum Gasteiger partial charge on any atom is -0.431 e. The number of ether oxygens (including phenoxy) is 3. The van der Waals surface area contributed by atoms with Crippen LogP contribution in [0.15, 0.2) is 48.5 Å². The van der Waals surface area contributed by atoms with E-state index in [1.165, 1.54) is 6.92 Å². The maximum absolute atomic E-state index is 13.5. The zero-order valence-electron chi connectivity index (χ0n) is 26.6. The Bertz CT molecular complexity index is 1330. The number of hydrogen-bond acceptors (Lipinski definition) is 9. The fourth-order valence-corrected chi connectivity index (χ4v) is 4.90. The minimum atomic E-state index is -1.18. The van der Waals surface area contributed by atoms with Crippen LogP contribution in [0.5, 0.6) is 0 Å². The van der Waals surface area contributed by atoms with Gasteiger partial charge in [0.05, 0.1) is 0 Å². The summed E-state index contributed by atoms with van der Waals surface area (Å²) >= 11 is 0. The molecule has 1 amide bonds. The maximum Gasteiger partial charge on any atom is 0.511 e. The smallest absolute Gasteiger partial charge is 0.431 e. The molecule has 0 saturated carbocycles. The Morgan fingerprint density at radius 3 is 2.16 bits per heavy atom. The number of hydrogen-bond donors (Lipinski definition) is 1. The third-order valence-corrected chi connectivity index (χ3v) is 7.21. The molecule has 0 aliphatic rings. The molecule has 3 atom stereocenters. The molecule has 11 nitrogen and oxygen atoms in total. The molecule has 1 aromatic heterocycles. The van der Waals surface area contributed by atoms with E-state index in [0.717, 1.165) is 47.9 Å². The highest BCUT2D eigenvalue weighted by molar-refractivity contribution is 5.85. The highest BCUT2D eigenvalue weighted by Gasteiger charge is 2.35. The second-order valence-electron chi connectivity index (χ2n) is 11.2. The number of nitrogens with zero attached hydrogens (tertiary/aromatic N) is 4. The van der Waals surface area contributed by atoms with E-state index in [1.54, 1.807) is 11.8 Å². The van der Waals surface area contributed by atoms with Gasteiger partial charge in [0, 0.05) is 25.5 Å². The fourth-order valence-electron chi connectivity index (χ4n) is 4.90. The average Bonchev–Trinajstić information content (AvgIpc) is 3.53. The molecule has 0 aliphatic heterocycles. The van der Waals surface area contributed by atoms with Crippen molar-refractivity contribution in [3.05, 3.63) is 54.1 Å². The van der Waals surface area contributed by atoms with Crippen LogP contribution in [0.3, 0.4) is 0 Å². The zero-order valence-corrected chi connectivity index (χ0v) is 26.6. The molecule has 44 heavy (non-hydrogen) atoms. The average molecular weight is 608 g/mol. The molecule has 3 rings (SSSR count). The lowest BCUT2D eigenvalue weighted by Gasteiger charge is -2.33. The molecule has 3 aromatic rings. The number of esters is 1. The summed E-state index contributed by atoms with van der Waals surface area (Å²) in [5, 5.41) is 14.4. The van der Waals surface area contributed by atoms with Crippen molar-refractivity contribution in [1.82, 2.24) is 25.5 Å². The van der Waals surface area contributed by atoms with E-state index in [-0.39, 0.29) is 24.5 Å². The quantitative estimate of drug-likeness (QED) is 0.139. The predicted molar refractivity (Wildman–Crippen MR) is 166 cm³/mol. The number of benzene rings is 2. The number of carbonyl (C=O) groups is 3. The van der Waals surface area contributed by atoms with Crippen molar-refractivity contribution in [2.24, 2.45) is 5.92 Å². The topological polar surface area (TPSA) is 137 Å². The van der Waals surface area contributed by atoms with Gasteiger partial charge in [-0.05, 0) is 47.6 Å². The molecule has 1 unspecified atom stereocenters. The second-order valence-corrected chi connectivity index (χ2v) is 11.2. The normalized spacial score (nSPS) is 13.2. The summed E-state index contributed by atoms with van der Waals surface area (Å²) in [7, 11) is 0. The number of nitrogens with one attached hydrogen (secondary N) is 1. The van der Waals surface area contributed by atoms with Crippen molar-refractivity contribution in [3.8, 4) is 22.5 Å². The Morgan fingerprint density at radius 2 is 1.55 bits per heavy atom. The van der Waals surface area contributed by atoms with Gasteiger partial charge in [-0.15, -0.1) is 10.2 Å². The van der Waals surface area contributed by atoms with Gasteiger partial charge in [-0.25, -0.2) is 9.59 Å². The van der Waals surface area contributed by atoms with Crippen molar-refractivity contribution >= 4 is 18.0 Å². The number of amides is 1. The number of H-pyrrole nitrogens is 1. The Hall–Kier alpha value is -4.28. The van der Waals surface area contributed by atoms with Crippen LogP contribution in [0, 0.1) is 5.92 Å². The van der Waals surface area contributed by atoms with Crippen molar-refractivity contribution in [3.63, 3.8) is 0 Å². The Labute approximate surface area is 259 Å². The third-order valence-electron chi connectivity index (χ3n) is 7.21. The van der Waals surface area contributed by atoms with Crippen LogP contribution in [0.2, 0.25) is 0 Å². The number of carbonyl (C=O) groups excluding carboxylic acids is 3. The zero-order chi connectivity index (χ0) is 32.1. The maximum atomic E-state index is 13.5. The van der Waals surface area contributed by atoms with E-state index in [4.69, 9.17) is 14.2 Å². The summed E-state index contributed by atoms with van der Waals surface area (Å²) in [6, 6.07) is 14.7. The lowest BCUT2D eigenvalue weighted by Crippen LogP contribution is -2.49. The van der Waals surface area contributed by atoms with Crippen LogP contribution >= 0.6 is 0 Å². The summed E-state index contributed by atoms with van der Waals surface area (Å²) in [5.74, 6) is -0.558. The fraction of sp³-hybridized carbons (Fsp3) is 0.515. The van der Waals surface area contributed by atoms with Crippen molar-refractivity contribution in [2.45, 2.75) is 105 Å². The van der Waals surface area contributed by atoms with Crippen LogP contribution in [0.1, 0.15) is 85.6 Å². The summed E-state index contributed by atoms with van der Waals surface area (Å²) in [6.07, 6.45) is 2.09. The molecule has 1 heterocycles. The molecule has 0 aliphatic carbocycles. The Kier molecular flexibility index (Phi) is 13.3. The Balaban J connectivity index is 1.77. The van der Waals surface area contributed by atoms with Gasteiger partial charge in [0.1, 0.15) is 12.1 Å². The van der Waals surface area contributed by atoms with E-state index in [2.05, 4.69) is 27.5 Å². The molecule has 1 N–H and O–H groups in total. The van der Waals surface area contributed by atoms with E-state index in [1.807, 2.05) is 69.3 Å². The summed E-state index contributed by atoms with van der Waals surface area (Å²) in [5.41, 5.74) is 3.57. The minimum absolute atomic E-state index is 0.147. The first kappa shape index (κ1) is 34.2. The first-order valence-corrected chi connectivity index (χ1v) is 15.4. The van der Waals surface area contributed by atoms with Crippen LogP contribution in [0.4, 0.5) is 4.79 Å². The summed E-state index contributed by atoms with van der Waals surface area (Å²) in [4.78, 5) is 40.7. The largest absolute Gasteiger partial charge is 0.511 e. The highest BCUT2D eigenvalue weighted by atomic mass is 16.8. The van der Waals surface area contributed by atoms with Gasteiger partial charge in [-0.1, -0.05) is 95.5 Å². The summed E-state index contributed by atoms with van der Waals surface area (Å²) in [6.45, 7) is 11.3. The molecule has 0 fully saturated rings. The van der Waals surface area contributed by atoms with E-state index in [0.29, 0.717) is 18.7 Å². The van der Waals surface area contributed by atoms with Gasteiger partial charge in [-0.2, -0.15) is 5.21 Å². The van der Waals surface area contributed by atoms with Gasteiger partial charge in [-0.3, -0.25) is 4.79 Å². The molecular formula is C33H45N5O6. The molecule has 0 radical (unpaired) electrons. The second kappa shape index (κ2) is 17.1. The van der Waals surface area contributed by atoms with Crippen molar-refractivity contribution in [2.75, 3.05) is 0 Å². The van der Waals surface area contributed by atoms with Crippen molar-refractivity contribution in [1.29, 1.82) is 0 Å². The number of rotatable bonds is 16. The molecular weight excluding hydrogens is 562 g/mol. The van der Waals surface area contributed by atoms with E-state index < -0.39 is 24.5 Å². The molecule has 0 bridgehead atoms. The van der Waals surface area contributed by atoms with Gasteiger partial charge >= 0.3 is 12.1 Å². The van der Waals surface area contributed by atoms with Crippen LogP contribution in [-0.2, 0) is 30.3 Å². The monoisotopic (exact) mass is 607 g/mol. The Morgan fingerprint density at radius 1 is 0.864 bits per heavy atom. The van der Waals surface area contributed by atoms with Gasteiger partial charge in [0.25, 0.3) is 0 Å². The predicted octanol–water partition coefficient (Wildman–Crippen LogP) is 6.70. The number of aromatic amines is 1. The highest BCUT2D eigenvalue weighted by Crippen LogP contribution is 2.30. The molecule has 238 valence electrons. The number of tetrazole rings is 1. The third kappa shape index (κ3) is 9.89. The van der Waals surface area contributed by atoms with E-state index in [9.17, 15) is 14.4 Å². The van der Waals surface area contributed by atoms with Gasteiger partial charge in [0.2, 0.25) is 18.0 Å². The molecule has 0 saturated heterocycles. The lowest BCUT2D eigenvalue weighted by atomic mass is 9.97. The summed E-state index contributed by atoms with van der Waals surface area (Å²) < 4.78 is 16.0. The lowest BCUT2D eigenvalue weighted by molar-refractivity contribution is -0.179. The van der Waals surface area contributed by atoms with E-state index >= 15 is 0 Å². The first-order chi connectivity index (χ1) is 21.1. The van der Waals surface area contributed by atoms with Crippen LogP contribution < -0.4 is 0 Å². The van der Waals surface area contributed by atoms with Gasteiger partial charge < -0.3 is 19.1 Å². The van der Waals surface area contributed by atoms with Crippen LogP contribution in [-0.4, -0.2) is 62.0 Å². The van der Waals surface area contributed by atoms with Crippen molar-refractivity contribution < 1.29 is 28.6 Å². The number of unbranched alkanes of at least 4 members (excludes halogenated alkanes) is 2. The first-order valence-electron chi connectivity index (χ1n) is 15.4. The number of aromatic nitrogens is 4. The van der Waals surface area contributed by atoms with Crippen LogP contribution in [0.25, 0.3) is 22.5 Å². The molecule has 2 aromatic carbocycles. The molecule has 0 spiro atoms. The standard InChI is InChI=1S/C33H45N5O6/c1-7-9-13-23(5)42-33(41)44-24(6)43-32(40)30(22(3)4)38(29(39)16-10-8-2)21-25-17-19-26(20-18-25)27-14-11-12-15-28(27)31-34-36-37-35-31/h11-12,14-15,17-20,22-24,30H,7-10,13,16,21H2,1-6H3,(H,34,35,36,37)/t23-,24?,30-/m0/s1. The SMILES string of the molecule is CCCCC(=O)N(Cc1ccc(-c2ccccc2-c2nn[nH]n2)cc1)[C@H](C(=O)OC(C)OC(=O)O[C@@H](C)CCCC)C(C)C.